The average Bonchev–Trinajstić information content (AvgIpc) is 3.21. The minimum Gasteiger partial charge on any atom is -0.497 e. The van der Waals surface area contributed by atoms with Crippen LogP contribution in [0.25, 0.3) is 16.7 Å². The topological polar surface area (TPSA) is 113 Å². The molecule has 1 amide bonds. The molecular weight excluding hydrogens is 388 g/mol. The number of para-hydroxylation sites is 1. The molecule has 0 aliphatic rings. The van der Waals surface area contributed by atoms with Crippen molar-refractivity contribution in [3.05, 3.63) is 65.1 Å². The molecule has 0 bridgehead atoms. The first-order chi connectivity index (χ1) is 14.6. The van der Waals surface area contributed by atoms with Crippen molar-refractivity contribution in [3.63, 3.8) is 0 Å². The number of benzene rings is 2. The Hall–Kier alpha value is -4.21. The summed E-state index contributed by atoms with van der Waals surface area (Å²) >= 11 is 0. The fraction of sp³-hybridized carbons (Fsp3) is 0.150. The normalized spacial score (nSPS) is 10.7. The maximum atomic E-state index is 12.8. The number of carbonyl (C=O) groups excluding carboxylic acids is 1. The van der Waals surface area contributed by atoms with E-state index in [-0.39, 0.29) is 11.9 Å². The largest absolute Gasteiger partial charge is 0.497 e. The van der Waals surface area contributed by atoms with E-state index >= 15 is 0 Å². The Morgan fingerprint density at radius 2 is 1.90 bits per heavy atom. The van der Waals surface area contributed by atoms with Crippen LogP contribution in [-0.4, -0.2) is 44.9 Å². The van der Waals surface area contributed by atoms with E-state index in [4.69, 9.17) is 9.47 Å². The minimum atomic E-state index is -0.459. The van der Waals surface area contributed by atoms with Crippen LogP contribution in [0.3, 0.4) is 0 Å². The second kappa shape index (κ2) is 8.03. The van der Waals surface area contributed by atoms with Crippen molar-refractivity contribution in [2.75, 3.05) is 19.5 Å². The maximum Gasteiger partial charge on any atom is 0.281 e. The van der Waals surface area contributed by atoms with Crippen molar-refractivity contribution in [1.29, 1.82) is 0 Å². The molecule has 4 aromatic rings. The number of methoxy groups -OCH3 is 2. The van der Waals surface area contributed by atoms with Crippen LogP contribution >= 0.6 is 0 Å². The molecule has 10 heteroatoms. The first-order valence-corrected chi connectivity index (χ1v) is 8.99. The number of amides is 1. The molecule has 2 aromatic carbocycles. The van der Waals surface area contributed by atoms with Crippen LogP contribution < -0.4 is 20.3 Å². The highest BCUT2D eigenvalue weighted by Gasteiger charge is 2.15. The smallest absolute Gasteiger partial charge is 0.281 e. The molecule has 0 aliphatic heterocycles. The van der Waals surface area contributed by atoms with Crippen LogP contribution in [0, 0.1) is 0 Å². The zero-order chi connectivity index (χ0) is 21.1. The number of hydrogen-bond donors (Lipinski definition) is 1. The van der Waals surface area contributed by atoms with Gasteiger partial charge in [-0.05, 0) is 24.3 Å². The number of rotatable bonds is 6. The molecule has 2 aromatic heterocycles. The summed E-state index contributed by atoms with van der Waals surface area (Å²) < 4.78 is 12.9. The Morgan fingerprint density at radius 3 is 2.63 bits per heavy atom. The number of aromatic nitrogens is 5. The number of nitrogens with one attached hydrogen (secondary N) is 1. The number of nitrogens with zero attached hydrogens (tertiary/aromatic N) is 5. The van der Waals surface area contributed by atoms with E-state index in [2.05, 4.69) is 20.7 Å². The van der Waals surface area contributed by atoms with Gasteiger partial charge in [0.1, 0.15) is 23.4 Å². The van der Waals surface area contributed by atoms with Crippen LogP contribution in [0.2, 0.25) is 0 Å². The number of ether oxygens (including phenoxy) is 2. The Balaban J connectivity index is 1.58. The summed E-state index contributed by atoms with van der Waals surface area (Å²) in [6.07, 6.45) is 1.42. The Labute approximate surface area is 170 Å². The highest BCUT2D eigenvalue weighted by Crippen LogP contribution is 2.28. The highest BCUT2D eigenvalue weighted by atomic mass is 16.5. The van der Waals surface area contributed by atoms with Crippen molar-refractivity contribution < 1.29 is 14.3 Å². The quantitative estimate of drug-likeness (QED) is 0.518. The van der Waals surface area contributed by atoms with Gasteiger partial charge in [0, 0.05) is 6.07 Å². The summed E-state index contributed by atoms with van der Waals surface area (Å²) in [6.45, 7) is -0.312. The van der Waals surface area contributed by atoms with E-state index in [9.17, 15) is 9.59 Å². The lowest BCUT2D eigenvalue weighted by Crippen LogP contribution is -2.30. The van der Waals surface area contributed by atoms with Crippen molar-refractivity contribution in [1.82, 2.24) is 24.8 Å². The third-order valence-electron chi connectivity index (χ3n) is 4.43. The molecule has 0 saturated heterocycles. The summed E-state index contributed by atoms with van der Waals surface area (Å²) in [7, 11) is 3.02. The minimum absolute atomic E-state index is 0.267. The predicted molar refractivity (Wildman–Crippen MR) is 109 cm³/mol. The lowest BCUT2D eigenvalue weighted by atomic mass is 10.2. The second-order valence-electron chi connectivity index (χ2n) is 6.30. The summed E-state index contributed by atoms with van der Waals surface area (Å²) in [6, 6.07) is 14.3. The summed E-state index contributed by atoms with van der Waals surface area (Å²) in [4.78, 5) is 25.2. The predicted octanol–water partition coefficient (Wildman–Crippen LogP) is 1.63. The first kappa shape index (κ1) is 19.1. The SMILES string of the molecule is COc1ccc(NC(=O)Cn2nnc3c(cnn3-c3ccccc3)c2=O)c(OC)c1. The van der Waals surface area contributed by atoms with Gasteiger partial charge in [0.2, 0.25) is 5.91 Å². The standard InChI is InChI=1S/C20H18N6O4/c1-29-14-8-9-16(17(10-14)30-2)22-18(27)12-25-20(28)15-11-21-26(19(15)23-24-25)13-6-4-3-5-7-13/h3-11H,12H2,1-2H3,(H,22,27). The van der Waals surface area contributed by atoms with Gasteiger partial charge < -0.3 is 14.8 Å². The monoisotopic (exact) mass is 406 g/mol. The van der Waals surface area contributed by atoms with E-state index in [0.29, 0.717) is 22.8 Å². The summed E-state index contributed by atoms with van der Waals surface area (Å²) in [5.41, 5.74) is 1.06. The molecule has 0 atom stereocenters. The Kier molecular flexibility index (Phi) is 5.12. The van der Waals surface area contributed by atoms with Crippen LogP contribution in [0.15, 0.2) is 59.5 Å². The fourth-order valence-corrected chi connectivity index (χ4v) is 2.95. The van der Waals surface area contributed by atoms with Crippen molar-refractivity contribution in [2.24, 2.45) is 0 Å². The van der Waals surface area contributed by atoms with E-state index in [1.807, 2.05) is 30.3 Å². The molecule has 10 nitrogen and oxygen atoms in total. The van der Waals surface area contributed by atoms with Crippen LogP contribution in [0.1, 0.15) is 0 Å². The van der Waals surface area contributed by atoms with Gasteiger partial charge in [-0.2, -0.15) is 5.10 Å². The van der Waals surface area contributed by atoms with Gasteiger partial charge in [0.25, 0.3) is 5.56 Å². The van der Waals surface area contributed by atoms with Gasteiger partial charge in [-0.25, -0.2) is 9.36 Å². The molecule has 30 heavy (non-hydrogen) atoms. The van der Waals surface area contributed by atoms with Gasteiger partial charge in [0.05, 0.1) is 31.8 Å². The van der Waals surface area contributed by atoms with E-state index in [1.54, 1.807) is 18.2 Å². The fourth-order valence-electron chi connectivity index (χ4n) is 2.95. The summed E-state index contributed by atoms with van der Waals surface area (Å²) in [5.74, 6) is 0.568. The molecule has 1 N–H and O–H groups in total. The lowest BCUT2D eigenvalue weighted by molar-refractivity contribution is -0.117. The van der Waals surface area contributed by atoms with E-state index in [0.717, 1.165) is 10.4 Å². The number of hydrogen-bond acceptors (Lipinski definition) is 7. The summed E-state index contributed by atoms with van der Waals surface area (Å²) in [5, 5.41) is 15.2. The van der Waals surface area contributed by atoms with Gasteiger partial charge in [-0.15, -0.1) is 5.10 Å². The zero-order valence-electron chi connectivity index (χ0n) is 16.3. The number of carbonyl (C=O) groups is 1. The van der Waals surface area contributed by atoms with E-state index < -0.39 is 11.5 Å². The number of anilines is 1. The third-order valence-corrected chi connectivity index (χ3v) is 4.43. The molecule has 0 fully saturated rings. The van der Waals surface area contributed by atoms with Gasteiger partial charge >= 0.3 is 0 Å². The molecule has 2 heterocycles. The first-order valence-electron chi connectivity index (χ1n) is 8.99. The van der Waals surface area contributed by atoms with Crippen molar-refractivity contribution >= 4 is 22.6 Å². The molecule has 4 rings (SSSR count). The molecule has 0 saturated carbocycles. The molecule has 0 radical (unpaired) electrons. The Bertz CT molecular complexity index is 1270. The zero-order valence-corrected chi connectivity index (χ0v) is 16.3. The molecule has 0 unspecified atom stereocenters. The van der Waals surface area contributed by atoms with Crippen LogP contribution in [0.4, 0.5) is 5.69 Å². The average molecular weight is 406 g/mol. The van der Waals surface area contributed by atoms with Crippen molar-refractivity contribution in [2.45, 2.75) is 6.54 Å². The maximum absolute atomic E-state index is 12.8. The molecular formula is C20H18N6O4. The molecule has 152 valence electrons. The second-order valence-corrected chi connectivity index (χ2v) is 6.30. The van der Waals surface area contributed by atoms with Crippen LogP contribution in [-0.2, 0) is 11.3 Å². The third kappa shape index (κ3) is 3.58. The van der Waals surface area contributed by atoms with E-state index in [1.165, 1.54) is 25.1 Å². The van der Waals surface area contributed by atoms with Gasteiger partial charge in [-0.1, -0.05) is 23.4 Å². The highest BCUT2D eigenvalue weighted by molar-refractivity contribution is 5.92. The molecule has 0 aliphatic carbocycles. The lowest BCUT2D eigenvalue weighted by Gasteiger charge is -2.11. The van der Waals surface area contributed by atoms with Crippen LogP contribution in [0.5, 0.6) is 11.5 Å². The van der Waals surface area contributed by atoms with Gasteiger partial charge in [-0.3, -0.25) is 9.59 Å². The Morgan fingerprint density at radius 1 is 1.10 bits per heavy atom. The van der Waals surface area contributed by atoms with Crippen molar-refractivity contribution in [3.8, 4) is 17.2 Å². The molecule has 0 spiro atoms. The van der Waals surface area contributed by atoms with Gasteiger partial charge in [0.15, 0.2) is 5.65 Å². The number of fused-ring (bicyclic) bond motifs is 1.